The molecular formula is C13H15NO2. The highest BCUT2D eigenvalue weighted by Crippen LogP contribution is 2.52. The highest BCUT2D eigenvalue weighted by Gasteiger charge is 2.49. The van der Waals surface area contributed by atoms with Gasteiger partial charge in [0.25, 0.3) is 0 Å². The molecule has 3 rings (SSSR count). The van der Waals surface area contributed by atoms with Gasteiger partial charge in [-0.05, 0) is 24.0 Å². The van der Waals surface area contributed by atoms with Crippen LogP contribution in [0.1, 0.15) is 30.0 Å². The Hall–Kier alpha value is -1.35. The normalized spacial score (nSPS) is 24.9. The number of hydrogen-bond donors (Lipinski definition) is 1. The minimum atomic E-state index is -0.285. The molecule has 1 aromatic rings. The molecule has 3 nitrogen and oxygen atoms in total. The topological polar surface area (TPSA) is 38.3 Å². The number of methoxy groups -OCH3 is 1. The predicted octanol–water partition coefficient (Wildman–Crippen LogP) is 1.54. The van der Waals surface area contributed by atoms with Crippen molar-refractivity contribution in [2.24, 2.45) is 0 Å². The first-order valence-corrected chi connectivity index (χ1v) is 5.67. The maximum Gasteiger partial charge on any atom is 0.327 e. The number of hydrogen-bond acceptors (Lipinski definition) is 3. The molecule has 1 fully saturated rings. The number of esters is 1. The van der Waals surface area contributed by atoms with E-state index in [1.54, 1.807) is 0 Å². The third kappa shape index (κ3) is 1.28. The lowest BCUT2D eigenvalue weighted by molar-refractivity contribution is -0.143. The highest BCUT2D eigenvalue weighted by molar-refractivity contribution is 5.79. The molecule has 1 aliphatic carbocycles. The van der Waals surface area contributed by atoms with E-state index in [0.29, 0.717) is 5.41 Å². The molecule has 0 saturated heterocycles. The Bertz CT molecular complexity index is 437. The number of fused-ring (bicyclic) bond motifs is 2. The van der Waals surface area contributed by atoms with Crippen molar-refractivity contribution in [3.05, 3.63) is 35.4 Å². The smallest absolute Gasteiger partial charge is 0.327 e. The van der Waals surface area contributed by atoms with Gasteiger partial charge in [-0.15, -0.1) is 0 Å². The van der Waals surface area contributed by atoms with Gasteiger partial charge in [-0.25, -0.2) is 4.79 Å². The monoisotopic (exact) mass is 217 g/mol. The van der Waals surface area contributed by atoms with Gasteiger partial charge in [0.05, 0.1) is 7.11 Å². The van der Waals surface area contributed by atoms with E-state index in [2.05, 4.69) is 17.4 Å². The van der Waals surface area contributed by atoms with Crippen LogP contribution in [0, 0.1) is 0 Å². The second-order valence-electron chi connectivity index (χ2n) is 4.70. The van der Waals surface area contributed by atoms with Crippen molar-refractivity contribution in [3.8, 4) is 0 Å². The lowest BCUT2D eigenvalue weighted by Gasteiger charge is -2.31. The summed E-state index contributed by atoms with van der Waals surface area (Å²) in [4.78, 5) is 11.7. The van der Waals surface area contributed by atoms with E-state index in [9.17, 15) is 4.79 Å². The van der Waals surface area contributed by atoms with Gasteiger partial charge in [-0.3, -0.25) is 5.32 Å². The fourth-order valence-electron chi connectivity index (χ4n) is 2.66. The van der Waals surface area contributed by atoms with Crippen LogP contribution in [0.15, 0.2) is 24.3 Å². The molecule has 1 heterocycles. The molecule has 16 heavy (non-hydrogen) atoms. The first-order valence-electron chi connectivity index (χ1n) is 5.67. The van der Waals surface area contributed by atoms with E-state index >= 15 is 0 Å². The van der Waals surface area contributed by atoms with Crippen molar-refractivity contribution in [3.63, 3.8) is 0 Å². The number of benzene rings is 1. The van der Waals surface area contributed by atoms with Gasteiger partial charge in [-0.1, -0.05) is 24.3 Å². The quantitative estimate of drug-likeness (QED) is 0.725. The van der Waals surface area contributed by atoms with E-state index in [0.717, 1.165) is 12.1 Å². The van der Waals surface area contributed by atoms with Crippen LogP contribution in [0.3, 0.4) is 0 Å². The van der Waals surface area contributed by atoms with Gasteiger partial charge in [0.2, 0.25) is 0 Å². The molecule has 0 amide bonds. The molecular weight excluding hydrogens is 202 g/mol. The average molecular weight is 217 g/mol. The van der Waals surface area contributed by atoms with E-state index in [4.69, 9.17) is 4.74 Å². The minimum Gasteiger partial charge on any atom is -0.468 e. The largest absolute Gasteiger partial charge is 0.468 e. The molecule has 2 aliphatic rings. The summed E-state index contributed by atoms with van der Waals surface area (Å²) in [6, 6.07) is 7.94. The fourth-order valence-corrected chi connectivity index (χ4v) is 2.66. The SMILES string of the molecule is COC(=O)C1NCC2(CC2)c2ccccc21. The summed E-state index contributed by atoms with van der Waals surface area (Å²) in [5, 5.41) is 3.30. The Morgan fingerprint density at radius 2 is 2.19 bits per heavy atom. The first-order chi connectivity index (χ1) is 7.77. The van der Waals surface area contributed by atoms with Crippen molar-refractivity contribution in [2.75, 3.05) is 13.7 Å². The predicted molar refractivity (Wildman–Crippen MR) is 60.1 cm³/mol. The molecule has 1 saturated carbocycles. The van der Waals surface area contributed by atoms with Crippen LogP contribution < -0.4 is 5.32 Å². The number of carbonyl (C=O) groups excluding carboxylic acids is 1. The molecule has 0 radical (unpaired) electrons. The molecule has 1 N–H and O–H groups in total. The molecule has 84 valence electrons. The van der Waals surface area contributed by atoms with Crippen LogP contribution in [0.5, 0.6) is 0 Å². The highest BCUT2D eigenvalue weighted by atomic mass is 16.5. The van der Waals surface area contributed by atoms with Crippen LogP contribution in [-0.2, 0) is 14.9 Å². The average Bonchev–Trinajstić information content (AvgIpc) is 3.10. The molecule has 1 aliphatic heterocycles. The van der Waals surface area contributed by atoms with Crippen LogP contribution in [0.4, 0.5) is 0 Å². The standard InChI is InChI=1S/C13H15NO2/c1-16-12(15)11-9-4-2-3-5-10(9)13(6-7-13)8-14-11/h2-5,11,14H,6-8H2,1H3. The summed E-state index contributed by atoms with van der Waals surface area (Å²) >= 11 is 0. The number of nitrogens with one attached hydrogen (secondary N) is 1. The molecule has 1 unspecified atom stereocenters. The molecule has 1 atom stereocenters. The summed E-state index contributed by atoms with van der Waals surface area (Å²) in [5.41, 5.74) is 2.74. The van der Waals surface area contributed by atoms with Gasteiger partial charge in [-0.2, -0.15) is 0 Å². The molecule has 3 heteroatoms. The zero-order valence-corrected chi connectivity index (χ0v) is 9.32. The molecule has 1 aromatic carbocycles. The number of rotatable bonds is 1. The van der Waals surface area contributed by atoms with Gasteiger partial charge in [0.15, 0.2) is 0 Å². The second kappa shape index (κ2) is 3.32. The zero-order chi connectivity index (χ0) is 11.2. The first kappa shape index (κ1) is 9.85. The van der Waals surface area contributed by atoms with Crippen molar-refractivity contribution < 1.29 is 9.53 Å². The van der Waals surface area contributed by atoms with Crippen molar-refractivity contribution in [1.82, 2.24) is 5.32 Å². The van der Waals surface area contributed by atoms with Crippen molar-refractivity contribution in [1.29, 1.82) is 0 Å². The third-order valence-corrected chi connectivity index (χ3v) is 3.78. The van der Waals surface area contributed by atoms with Crippen LogP contribution in [0.2, 0.25) is 0 Å². The van der Waals surface area contributed by atoms with Gasteiger partial charge in [0.1, 0.15) is 6.04 Å². The van der Waals surface area contributed by atoms with Crippen LogP contribution in [-0.4, -0.2) is 19.6 Å². The Kier molecular flexibility index (Phi) is 2.04. The van der Waals surface area contributed by atoms with Crippen molar-refractivity contribution >= 4 is 5.97 Å². The van der Waals surface area contributed by atoms with Crippen LogP contribution in [0.25, 0.3) is 0 Å². The van der Waals surface area contributed by atoms with E-state index in [1.807, 2.05) is 12.1 Å². The third-order valence-electron chi connectivity index (χ3n) is 3.78. The Labute approximate surface area is 94.8 Å². The molecule has 1 spiro atoms. The van der Waals surface area contributed by atoms with E-state index < -0.39 is 0 Å². The zero-order valence-electron chi connectivity index (χ0n) is 9.32. The van der Waals surface area contributed by atoms with E-state index in [-0.39, 0.29) is 12.0 Å². The molecule has 0 bridgehead atoms. The summed E-state index contributed by atoms with van der Waals surface area (Å²) in [6.45, 7) is 0.893. The van der Waals surface area contributed by atoms with Gasteiger partial charge < -0.3 is 4.74 Å². The van der Waals surface area contributed by atoms with Gasteiger partial charge >= 0.3 is 5.97 Å². The molecule has 0 aromatic heterocycles. The maximum atomic E-state index is 11.7. The summed E-state index contributed by atoms with van der Waals surface area (Å²) < 4.78 is 4.83. The van der Waals surface area contributed by atoms with Crippen molar-refractivity contribution in [2.45, 2.75) is 24.3 Å². The lowest BCUT2D eigenvalue weighted by Crippen LogP contribution is -2.41. The Morgan fingerprint density at radius 1 is 1.44 bits per heavy atom. The Balaban J connectivity index is 2.05. The summed E-state index contributed by atoms with van der Waals surface area (Å²) in [6.07, 6.45) is 2.45. The number of carbonyl (C=O) groups is 1. The van der Waals surface area contributed by atoms with Gasteiger partial charge in [0, 0.05) is 12.0 Å². The van der Waals surface area contributed by atoms with E-state index in [1.165, 1.54) is 25.5 Å². The van der Waals surface area contributed by atoms with Crippen LogP contribution >= 0.6 is 0 Å². The summed E-state index contributed by atoms with van der Waals surface area (Å²) in [7, 11) is 1.44. The second-order valence-corrected chi connectivity index (χ2v) is 4.70. The lowest BCUT2D eigenvalue weighted by atomic mass is 9.84. The summed E-state index contributed by atoms with van der Waals surface area (Å²) in [5.74, 6) is -0.192. The minimum absolute atomic E-state index is 0.192. The maximum absolute atomic E-state index is 11.7. The number of ether oxygens (including phenoxy) is 1. The Morgan fingerprint density at radius 3 is 2.88 bits per heavy atom. The fraction of sp³-hybridized carbons (Fsp3) is 0.462.